The monoisotopic (exact) mass is 236 g/mol. The van der Waals surface area contributed by atoms with E-state index in [1.807, 2.05) is 20.8 Å². The minimum Gasteiger partial charge on any atom is -0.373 e. The average Bonchev–Trinajstić information content (AvgIpc) is 2.13. The Kier molecular flexibility index (Phi) is 4.51. The summed E-state index contributed by atoms with van der Waals surface area (Å²) < 4.78 is 33.1. The van der Waals surface area contributed by atoms with Crippen molar-refractivity contribution in [2.45, 2.75) is 39.4 Å². The summed E-state index contributed by atoms with van der Waals surface area (Å²) >= 11 is 0. The Morgan fingerprint density at radius 1 is 1.33 bits per heavy atom. The average molecular weight is 236 g/mol. The summed E-state index contributed by atoms with van der Waals surface area (Å²) in [4.78, 5) is 0. The number of nitrogens with zero attached hydrogens (tertiary/aromatic N) is 1. The molecule has 1 aliphatic rings. The van der Waals surface area contributed by atoms with Crippen molar-refractivity contribution in [3.8, 4) is 0 Å². The highest BCUT2D eigenvalue weighted by molar-refractivity contribution is 7.87. The van der Waals surface area contributed by atoms with E-state index < -0.39 is 10.2 Å². The fourth-order valence-corrected chi connectivity index (χ4v) is 3.11. The van der Waals surface area contributed by atoms with Gasteiger partial charge in [0.25, 0.3) is 10.2 Å². The van der Waals surface area contributed by atoms with Crippen LogP contribution >= 0.6 is 0 Å². The van der Waals surface area contributed by atoms with E-state index in [2.05, 4.69) is 4.72 Å². The SMILES string of the molecule is CCCNS(=O)(=O)N1CC(C)OC(C)C1. The van der Waals surface area contributed by atoms with Gasteiger partial charge >= 0.3 is 0 Å². The van der Waals surface area contributed by atoms with Crippen molar-refractivity contribution >= 4 is 10.2 Å². The molecule has 2 unspecified atom stereocenters. The van der Waals surface area contributed by atoms with E-state index in [4.69, 9.17) is 4.74 Å². The third-order valence-electron chi connectivity index (χ3n) is 2.26. The minimum absolute atomic E-state index is 0.0352. The predicted octanol–water partition coefficient (Wildman–Crippen LogP) is 0.340. The van der Waals surface area contributed by atoms with Gasteiger partial charge in [-0.05, 0) is 20.3 Å². The molecule has 1 rings (SSSR count). The molecule has 0 radical (unpaired) electrons. The molecule has 1 fully saturated rings. The van der Waals surface area contributed by atoms with E-state index in [-0.39, 0.29) is 12.2 Å². The summed E-state index contributed by atoms with van der Waals surface area (Å²) in [6, 6.07) is 0. The first-order valence-electron chi connectivity index (χ1n) is 5.36. The largest absolute Gasteiger partial charge is 0.373 e. The molecule has 90 valence electrons. The van der Waals surface area contributed by atoms with Gasteiger partial charge in [-0.3, -0.25) is 0 Å². The van der Waals surface area contributed by atoms with Crippen LogP contribution in [0.4, 0.5) is 0 Å². The lowest BCUT2D eigenvalue weighted by atomic mass is 10.3. The summed E-state index contributed by atoms with van der Waals surface area (Å²) in [5, 5.41) is 0. The first-order chi connectivity index (χ1) is 6.95. The van der Waals surface area contributed by atoms with Gasteiger partial charge in [0.15, 0.2) is 0 Å². The smallest absolute Gasteiger partial charge is 0.279 e. The second-order valence-corrected chi connectivity index (χ2v) is 5.73. The van der Waals surface area contributed by atoms with Gasteiger partial charge in [0.05, 0.1) is 12.2 Å². The van der Waals surface area contributed by atoms with Gasteiger partial charge in [0.2, 0.25) is 0 Å². The summed E-state index contributed by atoms with van der Waals surface area (Å²) in [5.74, 6) is 0. The second kappa shape index (κ2) is 5.25. The Bertz CT molecular complexity index is 282. The van der Waals surface area contributed by atoms with Gasteiger partial charge in [-0.25, -0.2) is 4.72 Å². The van der Waals surface area contributed by atoms with Crippen LogP contribution in [-0.4, -0.2) is 44.6 Å². The normalized spacial score (nSPS) is 29.3. The highest BCUT2D eigenvalue weighted by atomic mass is 32.2. The fraction of sp³-hybridized carbons (Fsp3) is 1.00. The zero-order valence-electron chi connectivity index (χ0n) is 9.56. The Balaban J connectivity index is 2.61. The van der Waals surface area contributed by atoms with Crippen molar-refractivity contribution in [3.63, 3.8) is 0 Å². The van der Waals surface area contributed by atoms with Gasteiger partial charge < -0.3 is 4.74 Å². The van der Waals surface area contributed by atoms with Crippen LogP contribution in [0.25, 0.3) is 0 Å². The van der Waals surface area contributed by atoms with Gasteiger partial charge in [-0.15, -0.1) is 0 Å². The van der Waals surface area contributed by atoms with E-state index in [0.717, 1.165) is 6.42 Å². The predicted molar refractivity (Wildman–Crippen MR) is 58.8 cm³/mol. The number of hydrogen-bond acceptors (Lipinski definition) is 3. The lowest BCUT2D eigenvalue weighted by Gasteiger charge is -2.34. The Hall–Kier alpha value is -0.170. The summed E-state index contributed by atoms with van der Waals surface area (Å²) in [6.07, 6.45) is 0.730. The first-order valence-corrected chi connectivity index (χ1v) is 6.80. The number of nitrogens with one attached hydrogen (secondary N) is 1. The highest BCUT2D eigenvalue weighted by Crippen LogP contribution is 2.13. The van der Waals surface area contributed by atoms with Crippen molar-refractivity contribution in [2.75, 3.05) is 19.6 Å². The van der Waals surface area contributed by atoms with Crippen molar-refractivity contribution in [1.29, 1.82) is 0 Å². The van der Waals surface area contributed by atoms with Crippen molar-refractivity contribution in [2.24, 2.45) is 0 Å². The number of rotatable bonds is 4. The molecule has 5 nitrogen and oxygen atoms in total. The lowest BCUT2D eigenvalue weighted by Crippen LogP contribution is -2.51. The molecule has 0 aromatic carbocycles. The molecule has 0 saturated carbocycles. The standard InChI is InChI=1S/C9H20N2O3S/c1-4-5-10-15(12,13)11-6-8(2)14-9(3)7-11/h8-10H,4-7H2,1-3H3. The summed E-state index contributed by atoms with van der Waals surface area (Å²) in [5.41, 5.74) is 0. The maximum absolute atomic E-state index is 11.8. The minimum atomic E-state index is -3.31. The molecular weight excluding hydrogens is 216 g/mol. The van der Waals surface area contributed by atoms with Crippen LogP contribution in [0.5, 0.6) is 0 Å². The quantitative estimate of drug-likeness (QED) is 0.766. The number of morpholine rings is 1. The molecule has 1 saturated heterocycles. The number of hydrogen-bond donors (Lipinski definition) is 1. The molecular formula is C9H20N2O3S. The van der Waals surface area contributed by atoms with Crippen LogP contribution in [0.2, 0.25) is 0 Å². The third kappa shape index (κ3) is 3.71. The second-order valence-electron chi connectivity index (χ2n) is 3.97. The van der Waals surface area contributed by atoms with Crippen molar-refractivity contribution in [1.82, 2.24) is 9.03 Å². The van der Waals surface area contributed by atoms with Crippen LogP contribution in [0, 0.1) is 0 Å². The van der Waals surface area contributed by atoms with Crippen LogP contribution in [-0.2, 0) is 14.9 Å². The van der Waals surface area contributed by atoms with Gasteiger partial charge in [-0.1, -0.05) is 6.92 Å². The van der Waals surface area contributed by atoms with Gasteiger partial charge in [-0.2, -0.15) is 12.7 Å². The molecule has 2 atom stereocenters. The van der Waals surface area contributed by atoms with E-state index in [1.54, 1.807) is 0 Å². The van der Waals surface area contributed by atoms with Crippen molar-refractivity contribution < 1.29 is 13.2 Å². The topological polar surface area (TPSA) is 58.6 Å². The van der Waals surface area contributed by atoms with Crippen LogP contribution in [0.3, 0.4) is 0 Å². The molecule has 0 aromatic heterocycles. The van der Waals surface area contributed by atoms with Crippen LogP contribution in [0.15, 0.2) is 0 Å². The van der Waals surface area contributed by atoms with Crippen molar-refractivity contribution in [3.05, 3.63) is 0 Å². The van der Waals surface area contributed by atoms with Crippen LogP contribution < -0.4 is 4.72 Å². The Morgan fingerprint density at radius 2 is 1.87 bits per heavy atom. The molecule has 0 aromatic rings. The zero-order chi connectivity index (χ0) is 11.5. The maximum atomic E-state index is 11.8. The molecule has 0 amide bonds. The molecule has 1 heterocycles. The fourth-order valence-electron chi connectivity index (χ4n) is 1.65. The van der Waals surface area contributed by atoms with E-state index >= 15 is 0 Å². The molecule has 1 N–H and O–H groups in total. The first kappa shape index (κ1) is 12.9. The molecule has 1 aliphatic heterocycles. The third-order valence-corrected chi connectivity index (χ3v) is 3.81. The van der Waals surface area contributed by atoms with Crippen LogP contribution in [0.1, 0.15) is 27.2 Å². The van der Waals surface area contributed by atoms with E-state index in [9.17, 15) is 8.42 Å². The summed E-state index contributed by atoms with van der Waals surface area (Å²) in [6.45, 7) is 7.07. The molecule has 0 bridgehead atoms. The molecule has 6 heteroatoms. The van der Waals surface area contributed by atoms with E-state index in [1.165, 1.54) is 4.31 Å². The van der Waals surface area contributed by atoms with Gasteiger partial charge in [0.1, 0.15) is 0 Å². The van der Waals surface area contributed by atoms with E-state index in [0.29, 0.717) is 19.6 Å². The Labute approximate surface area is 92.0 Å². The number of ether oxygens (including phenoxy) is 1. The molecule has 15 heavy (non-hydrogen) atoms. The molecule has 0 spiro atoms. The lowest BCUT2D eigenvalue weighted by molar-refractivity contribution is -0.0443. The highest BCUT2D eigenvalue weighted by Gasteiger charge is 2.30. The molecule has 0 aliphatic carbocycles. The summed E-state index contributed by atoms with van der Waals surface area (Å²) in [7, 11) is -3.31. The van der Waals surface area contributed by atoms with Gasteiger partial charge in [0, 0.05) is 19.6 Å². The zero-order valence-corrected chi connectivity index (χ0v) is 10.4. The Morgan fingerprint density at radius 3 is 2.33 bits per heavy atom. The maximum Gasteiger partial charge on any atom is 0.279 e.